The maximum absolute atomic E-state index is 5.76. The third kappa shape index (κ3) is 2.27. The van der Waals surface area contributed by atoms with Crippen molar-refractivity contribution in [3.63, 3.8) is 0 Å². The molecule has 1 atom stereocenters. The molecule has 70 valence electrons. The maximum Gasteiger partial charge on any atom is 0.0529 e. The molecule has 0 aliphatic rings. The van der Waals surface area contributed by atoms with E-state index in [4.69, 9.17) is 11.6 Å². The second kappa shape index (κ2) is 4.59. The van der Waals surface area contributed by atoms with E-state index in [9.17, 15) is 0 Å². The summed E-state index contributed by atoms with van der Waals surface area (Å²) in [4.78, 5) is 3.99. The van der Waals surface area contributed by atoms with E-state index in [1.165, 1.54) is 0 Å². The highest BCUT2D eigenvalue weighted by Gasteiger charge is 2.10. The summed E-state index contributed by atoms with van der Waals surface area (Å²) in [7, 11) is 0. The number of nitrogens with two attached hydrogens (primary N) is 2. The maximum atomic E-state index is 5.76. The number of nitrogens with one attached hydrogen (secondary N) is 1. The van der Waals surface area contributed by atoms with Crippen molar-refractivity contribution < 1.29 is 0 Å². The van der Waals surface area contributed by atoms with Crippen LogP contribution < -0.4 is 17.0 Å². The molecule has 1 aromatic rings. The van der Waals surface area contributed by atoms with Gasteiger partial charge < -0.3 is 5.73 Å². The Hall–Kier alpha value is -1.39. The largest absolute Gasteiger partial charge is 0.398 e. The fraction of sp³-hybridized carbons (Fsp3) is 0.222. The summed E-state index contributed by atoms with van der Waals surface area (Å²) in [5.41, 5.74) is 10.0. The summed E-state index contributed by atoms with van der Waals surface area (Å²) in [5, 5.41) is 0. The molecule has 0 spiro atoms. The van der Waals surface area contributed by atoms with Gasteiger partial charge in [-0.2, -0.15) is 0 Å². The van der Waals surface area contributed by atoms with Gasteiger partial charge >= 0.3 is 0 Å². The van der Waals surface area contributed by atoms with E-state index in [1.807, 2.05) is 0 Å². The van der Waals surface area contributed by atoms with Crippen LogP contribution in [0.5, 0.6) is 0 Å². The molecule has 0 amide bonds. The van der Waals surface area contributed by atoms with Gasteiger partial charge in [-0.1, -0.05) is 6.08 Å². The van der Waals surface area contributed by atoms with Crippen LogP contribution >= 0.6 is 0 Å². The number of nitrogen functional groups attached to an aromatic ring is 1. The molecule has 1 aromatic heterocycles. The summed E-state index contributed by atoms with van der Waals surface area (Å²) in [6, 6.07) is 1.74. The quantitative estimate of drug-likeness (QED) is 0.361. The van der Waals surface area contributed by atoms with Gasteiger partial charge in [-0.15, -0.1) is 6.58 Å². The van der Waals surface area contributed by atoms with E-state index in [2.05, 4.69) is 17.0 Å². The summed E-state index contributed by atoms with van der Waals surface area (Å²) in [5.74, 6) is 5.38. The summed E-state index contributed by atoms with van der Waals surface area (Å²) in [6.45, 7) is 3.65. The van der Waals surface area contributed by atoms with Gasteiger partial charge in [0.2, 0.25) is 0 Å². The van der Waals surface area contributed by atoms with Crippen LogP contribution in [0.25, 0.3) is 0 Å². The molecular formula is C9H14N4. The van der Waals surface area contributed by atoms with Crippen molar-refractivity contribution in [1.29, 1.82) is 0 Å². The van der Waals surface area contributed by atoms with Crippen molar-refractivity contribution in [1.82, 2.24) is 10.4 Å². The van der Waals surface area contributed by atoms with Gasteiger partial charge in [0.15, 0.2) is 0 Å². The SMILES string of the molecule is C=CCC(NN)c1cnccc1N. The molecule has 13 heavy (non-hydrogen) atoms. The molecule has 0 radical (unpaired) electrons. The molecule has 5 N–H and O–H groups in total. The first-order chi connectivity index (χ1) is 6.29. The van der Waals surface area contributed by atoms with E-state index in [1.54, 1.807) is 24.5 Å². The van der Waals surface area contributed by atoms with Crippen molar-refractivity contribution in [3.05, 3.63) is 36.7 Å². The Kier molecular flexibility index (Phi) is 3.42. The number of hydrogen-bond donors (Lipinski definition) is 3. The second-order valence-corrected chi connectivity index (χ2v) is 2.75. The number of hydrazine groups is 1. The number of aromatic nitrogens is 1. The van der Waals surface area contributed by atoms with Gasteiger partial charge in [0, 0.05) is 23.6 Å². The highest BCUT2D eigenvalue weighted by Crippen LogP contribution is 2.20. The Morgan fingerprint density at radius 2 is 2.46 bits per heavy atom. The molecule has 0 bridgehead atoms. The lowest BCUT2D eigenvalue weighted by atomic mass is 10.1. The van der Waals surface area contributed by atoms with E-state index >= 15 is 0 Å². The molecule has 0 aliphatic carbocycles. The average molecular weight is 178 g/mol. The standard InChI is InChI=1S/C9H14N4/c1-2-3-9(13-11)7-6-12-5-4-8(7)10/h2,4-6,9,13H,1,3,11H2,(H2,10,12). The van der Waals surface area contributed by atoms with Crippen LogP contribution in [0.4, 0.5) is 5.69 Å². The van der Waals surface area contributed by atoms with E-state index in [-0.39, 0.29) is 6.04 Å². The van der Waals surface area contributed by atoms with Crippen LogP contribution in [0, 0.1) is 0 Å². The van der Waals surface area contributed by atoms with Crippen molar-refractivity contribution in [2.45, 2.75) is 12.5 Å². The highest BCUT2D eigenvalue weighted by atomic mass is 15.2. The highest BCUT2D eigenvalue weighted by molar-refractivity contribution is 5.46. The molecule has 0 saturated carbocycles. The Morgan fingerprint density at radius 3 is 3.00 bits per heavy atom. The first-order valence-corrected chi connectivity index (χ1v) is 4.06. The number of nitrogens with zero attached hydrogens (tertiary/aromatic N) is 1. The lowest BCUT2D eigenvalue weighted by molar-refractivity contribution is 0.561. The zero-order chi connectivity index (χ0) is 9.68. The number of rotatable bonds is 4. The third-order valence-electron chi connectivity index (χ3n) is 1.87. The second-order valence-electron chi connectivity index (χ2n) is 2.75. The fourth-order valence-electron chi connectivity index (χ4n) is 1.16. The fourth-order valence-corrected chi connectivity index (χ4v) is 1.16. The van der Waals surface area contributed by atoms with Crippen molar-refractivity contribution >= 4 is 5.69 Å². The monoisotopic (exact) mass is 178 g/mol. The molecule has 0 aliphatic heterocycles. The van der Waals surface area contributed by atoms with E-state index < -0.39 is 0 Å². The summed E-state index contributed by atoms with van der Waals surface area (Å²) < 4.78 is 0. The van der Waals surface area contributed by atoms with Gasteiger partial charge in [0.05, 0.1) is 6.04 Å². The summed E-state index contributed by atoms with van der Waals surface area (Å²) in [6.07, 6.45) is 5.88. The lowest BCUT2D eigenvalue weighted by Crippen LogP contribution is -2.28. The van der Waals surface area contributed by atoms with E-state index in [0.717, 1.165) is 12.0 Å². The number of hydrogen-bond acceptors (Lipinski definition) is 4. The lowest BCUT2D eigenvalue weighted by Gasteiger charge is -2.15. The molecular weight excluding hydrogens is 164 g/mol. The van der Waals surface area contributed by atoms with Crippen molar-refractivity contribution in [2.24, 2.45) is 5.84 Å². The van der Waals surface area contributed by atoms with Crippen LogP contribution in [-0.4, -0.2) is 4.98 Å². The van der Waals surface area contributed by atoms with Crippen molar-refractivity contribution in [3.8, 4) is 0 Å². The molecule has 0 aromatic carbocycles. The van der Waals surface area contributed by atoms with Gasteiger partial charge in [-0.3, -0.25) is 16.3 Å². The first-order valence-electron chi connectivity index (χ1n) is 4.06. The minimum absolute atomic E-state index is 0.00815. The van der Waals surface area contributed by atoms with Crippen molar-refractivity contribution in [2.75, 3.05) is 5.73 Å². The van der Waals surface area contributed by atoms with Crippen LogP contribution in [-0.2, 0) is 0 Å². The van der Waals surface area contributed by atoms with Crippen LogP contribution in [0.15, 0.2) is 31.1 Å². The molecule has 1 unspecified atom stereocenters. The molecule has 1 rings (SSSR count). The van der Waals surface area contributed by atoms with Crippen LogP contribution in [0.3, 0.4) is 0 Å². The van der Waals surface area contributed by atoms with Crippen LogP contribution in [0.1, 0.15) is 18.0 Å². The average Bonchev–Trinajstić information content (AvgIpc) is 2.16. The molecule has 1 heterocycles. The predicted octanol–water partition coefficient (Wildman–Crippen LogP) is 0.744. The van der Waals surface area contributed by atoms with E-state index in [0.29, 0.717) is 5.69 Å². The Bertz CT molecular complexity index is 285. The number of pyridine rings is 1. The molecule has 0 saturated heterocycles. The zero-order valence-corrected chi connectivity index (χ0v) is 7.40. The first kappa shape index (κ1) is 9.70. The van der Waals surface area contributed by atoms with Gasteiger partial charge in [0.25, 0.3) is 0 Å². The third-order valence-corrected chi connectivity index (χ3v) is 1.87. The smallest absolute Gasteiger partial charge is 0.0529 e. The summed E-state index contributed by atoms with van der Waals surface area (Å²) >= 11 is 0. The molecule has 0 fully saturated rings. The van der Waals surface area contributed by atoms with Gasteiger partial charge in [-0.25, -0.2) is 0 Å². The molecule has 4 nitrogen and oxygen atoms in total. The Labute approximate surface area is 77.6 Å². The minimum Gasteiger partial charge on any atom is -0.398 e. The minimum atomic E-state index is -0.00815. The Morgan fingerprint density at radius 1 is 1.69 bits per heavy atom. The topological polar surface area (TPSA) is 77.0 Å². The van der Waals surface area contributed by atoms with Gasteiger partial charge in [-0.05, 0) is 12.5 Å². The molecule has 4 heteroatoms. The number of anilines is 1. The van der Waals surface area contributed by atoms with Crippen LogP contribution in [0.2, 0.25) is 0 Å². The predicted molar refractivity (Wildman–Crippen MR) is 53.5 cm³/mol. The zero-order valence-electron chi connectivity index (χ0n) is 7.40. The normalized spacial score (nSPS) is 12.4. The van der Waals surface area contributed by atoms with Gasteiger partial charge in [0.1, 0.15) is 0 Å². The Balaban J connectivity index is 2.90.